The Morgan fingerprint density at radius 3 is 3.00 bits per heavy atom. The van der Waals surface area contributed by atoms with Crippen LogP contribution in [0.3, 0.4) is 0 Å². The average molecular weight is 177 g/mol. The maximum atomic E-state index is 10.2. The van der Waals surface area contributed by atoms with Crippen LogP contribution in [0.2, 0.25) is 0 Å². The third kappa shape index (κ3) is 1.26. The number of hydrogen-bond donors (Lipinski definition) is 2. The molecule has 0 saturated heterocycles. The van der Waals surface area contributed by atoms with Crippen LogP contribution in [-0.4, -0.2) is 11.7 Å². The molecule has 0 heterocycles. The van der Waals surface area contributed by atoms with E-state index in [0.717, 1.165) is 18.4 Å². The summed E-state index contributed by atoms with van der Waals surface area (Å²) in [6.07, 6.45) is 1.71. The van der Waals surface area contributed by atoms with Gasteiger partial charge in [-0.15, -0.1) is 0 Å². The van der Waals surface area contributed by atoms with Crippen LogP contribution in [0.25, 0.3) is 0 Å². The van der Waals surface area contributed by atoms with Crippen molar-refractivity contribution in [2.24, 2.45) is 5.73 Å². The molecule has 0 fully saturated rings. The normalized spacial score (nSPS) is 26.1. The van der Waals surface area contributed by atoms with Crippen LogP contribution in [-0.2, 0) is 12.0 Å². The smallest absolute Gasteiger partial charge is 0.102 e. The highest BCUT2D eigenvalue weighted by Crippen LogP contribution is 2.36. The van der Waals surface area contributed by atoms with E-state index < -0.39 is 5.60 Å². The maximum Gasteiger partial charge on any atom is 0.102 e. The fraction of sp³-hybridized carbons (Fsp3) is 0.455. The zero-order valence-corrected chi connectivity index (χ0v) is 7.88. The molecule has 0 aliphatic heterocycles. The molecule has 70 valence electrons. The summed E-state index contributed by atoms with van der Waals surface area (Å²) < 4.78 is 0. The van der Waals surface area contributed by atoms with E-state index in [1.54, 1.807) is 0 Å². The molecule has 0 radical (unpaired) electrons. The van der Waals surface area contributed by atoms with Crippen LogP contribution < -0.4 is 5.73 Å². The van der Waals surface area contributed by atoms with Gasteiger partial charge in [-0.05, 0) is 30.9 Å². The molecule has 0 bridgehead atoms. The largest absolute Gasteiger partial charge is 0.384 e. The summed E-state index contributed by atoms with van der Waals surface area (Å²) in [4.78, 5) is 0. The van der Waals surface area contributed by atoms with E-state index in [1.807, 2.05) is 6.92 Å². The minimum Gasteiger partial charge on any atom is -0.384 e. The highest BCUT2D eigenvalue weighted by Gasteiger charge is 2.34. The minimum absolute atomic E-state index is 0.323. The summed E-state index contributed by atoms with van der Waals surface area (Å²) in [5, 5.41) is 10.2. The molecule has 0 amide bonds. The number of fused-ring (bicyclic) bond motifs is 1. The number of aliphatic hydroxyl groups is 1. The lowest BCUT2D eigenvalue weighted by molar-refractivity contribution is 0.0481. The lowest BCUT2D eigenvalue weighted by atomic mass is 9.95. The number of rotatable bonds is 1. The SMILES string of the molecule is Cc1ccc2c(c1)C(O)(CN)CC2. The van der Waals surface area contributed by atoms with Gasteiger partial charge in [-0.2, -0.15) is 0 Å². The first-order valence-electron chi connectivity index (χ1n) is 4.68. The van der Waals surface area contributed by atoms with Gasteiger partial charge in [-0.1, -0.05) is 23.8 Å². The van der Waals surface area contributed by atoms with Gasteiger partial charge in [-0.25, -0.2) is 0 Å². The topological polar surface area (TPSA) is 46.2 Å². The van der Waals surface area contributed by atoms with Gasteiger partial charge in [-0.3, -0.25) is 0 Å². The molecule has 1 aromatic carbocycles. The number of hydrogen-bond acceptors (Lipinski definition) is 2. The Morgan fingerprint density at radius 1 is 1.54 bits per heavy atom. The third-order valence-corrected chi connectivity index (χ3v) is 2.91. The van der Waals surface area contributed by atoms with Gasteiger partial charge in [0.1, 0.15) is 5.60 Å². The first kappa shape index (κ1) is 8.73. The highest BCUT2D eigenvalue weighted by molar-refractivity contribution is 5.40. The predicted molar refractivity (Wildman–Crippen MR) is 52.5 cm³/mol. The average Bonchev–Trinajstić information content (AvgIpc) is 2.45. The van der Waals surface area contributed by atoms with Gasteiger partial charge >= 0.3 is 0 Å². The van der Waals surface area contributed by atoms with Crippen molar-refractivity contribution in [2.75, 3.05) is 6.54 Å². The van der Waals surface area contributed by atoms with E-state index in [-0.39, 0.29) is 0 Å². The molecule has 3 N–H and O–H groups in total. The van der Waals surface area contributed by atoms with Gasteiger partial charge in [0, 0.05) is 6.54 Å². The molecular formula is C11H15NO. The standard InChI is InChI=1S/C11H15NO/c1-8-2-3-9-4-5-11(13,7-12)10(9)6-8/h2-3,6,13H,4-5,7,12H2,1H3. The molecule has 2 rings (SSSR count). The molecule has 13 heavy (non-hydrogen) atoms. The molecule has 1 aromatic rings. The lowest BCUT2D eigenvalue weighted by Gasteiger charge is -2.21. The van der Waals surface area contributed by atoms with Crippen molar-refractivity contribution in [1.82, 2.24) is 0 Å². The Bertz CT molecular complexity index is 335. The Balaban J connectivity index is 2.52. The predicted octanol–water partition coefficient (Wildman–Crippen LogP) is 1.09. The summed E-state index contributed by atoms with van der Waals surface area (Å²) >= 11 is 0. The van der Waals surface area contributed by atoms with Crippen molar-refractivity contribution in [3.8, 4) is 0 Å². The molecule has 1 atom stereocenters. The first-order chi connectivity index (χ1) is 6.15. The molecule has 2 nitrogen and oxygen atoms in total. The molecule has 1 aliphatic rings. The lowest BCUT2D eigenvalue weighted by Crippen LogP contribution is -2.32. The van der Waals surface area contributed by atoms with Gasteiger partial charge < -0.3 is 10.8 Å². The van der Waals surface area contributed by atoms with Crippen LogP contribution in [0, 0.1) is 6.92 Å². The van der Waals surface area contributed by atoms with Crippen LogP contribution in [0.4, 0.5) is 0 Å². The van der Waals surface area contributed by atoms with Crippen molar-refractivity contribution < 1.29 is 5.11 Å². The fourth-order valence-corrected chi connectivity index (χ4v) is 2.03. The van der Waals surface area contributed by atoms with Crippen molar-refractivity contribution in [3.63, 3.8) is 0 Å². The fourth-order valence-electron chi connectivity index (χ4n) is 2.03. The van der Waals surface area contributed by atoms with E-state index >= 15 is 0 Å². The van der Waals surface area contributed by atoms with E-state index in [4.69, 9.17) is 5.73 Å². The Hall–Kier alpha value is -0.860. The summed E-state index contributed by atoms with van der Waals surface area (Å²) in [7, 11) is 0. The molecule has 0 spiro atoms. The van der Waals surface area contributed by atoms with Gasteiger partial charge in [0.15, 0.2) is 0 Å². The molecule has 0 aromatic heterocycles. The zero-order chi connectivity index (χ0) is 9.47. The van der Waals surface area contributed by atoms with Crippen molar-refractivity contribution >= 4 is 0 Å². The van der Waals surface area contributed by atoms with E-state index in [1.165, 1.54) is 11.1 Å². The van der Waals surface area contributed by atoms with Crippen molar-refractivity contribution in [2.45, 2.75) is 25.4 Å². The molecular weight excluding hydrogens is 162 g/mol. The highest BCUT2D eigenvalue weighted by atomic mass is 16.3. The summed E-state index contributed by atoms with van der Waals surface area (Å²) in [6, 6.07) is 6.23. The van der Waals surface area contributed by atoms with Crippen LogP contribution in [0.1, 0.15) is 23.1 Å². The second-order valence-corrected chi connectivity index (χ2v) is 3.90. The molecule has 2 heteroatoms. The number of benzene rings is 1. The van der Waals surface area contributed by atoms with E-state index in [2.05, 4.69) is 18.2 Å². The molecule has 0 saturated carbocycles. The molecule has 1 aliphatic carbocycles. The van der Waals surface area contributed by atoms with Crippen molar-refractivity contribution in [1.29, 1.82) is 0 Å². The minimum atomic E-state index is -0.763. The zero-order valence-electron chi connectivity index (χ0n) is 7.88. The summed E-state index contributed by atoms with van der Waals surface area (Å²) in [5.74, 6) is 0. The van der Waals surface area contributed by atoms with Crippen molar-refractivity contribution in [3.05, 3.63) is 34.9 Å². The number of aryl methyl sites for hydroxylation is 2. The Kier molecular flexibility index (Phi) is 1.90. The second-order valence-electron chi connectivity index (χ2n) is 3.90. The van der Waals surface area contributed by atoms with Gasteiger partial charge in [0.2, 0.25) is 0 Å². The first-order valence-corrected chi connectivity index (χ1v) is 4.68. The molecule has 1 unspecified atom stereocenters. The van der Waals surface area contributed by atoms with Gasteiger partial charge in [0.05, 0.1) is 0 Å². The van der Waals surface area contributed by atoms with Crippen LogP contribution in [0.15, 0.2) is 18.2 Å². The monoisotopic (exact) mass is 177 g/mol. The van der Waals surface area contributed by atoms with Crippen LogP contribution in [0.5, 0.6) is 0 Å². The summed E-state index contributed by atoms with van der Waals surface area (Å²) in [5.41, 5.74) is 8.29. The quantitative estimate of drug-likeness (QED) is 0.674. The van der Waals surface area contributed by atoms with E-state index in [9.17, 15) is 5.11 Å². The van der Waals surface area contributed by atoms with Gasteiger partial charge in [0.25, 0.3) is 0 Å². The third-order valence-electron chi connectivity index (χ3n) is 2.91. The van der Waals surface area contributed by atoms with Crippen LogP contribution >= 0.6 is 0 Å². The Labute approximate surface area is 78.4 Å². The van der Waals surface area contributed by atoms with E-state index in [0.29, 0.717) is 6.54 Å². The Morgan fingerprint density at radius 2 is 2.31 bits per heavy atom. The summed E-state index contributed by atoms with van der Waals surface area (Å²) in [6.45, 7) is 2.36. The maximum absolute atomic E-state index is 10.2. The second kappa shape index (κ2) is 2.82. The number of nitrogens with two attached hydrogens (primary N) is 1.